The van der Waals surface area contributed by atoms with Gasteiger partial charge < -0.3 is 4.74 Å². The third-order valence-corrected chi connectivity index (χ3v) is 3.67. The van der Waals surface area contributed by atoms with Gasteiger partial charge in [0.1, 0.15) is 5.75 Å². The van der Waals surface area contributed by atoms with Crippen LogP contribution in [0.25, 0.3) is 0 Å². The molecule has 0 fully saturated rings. The molecule has 4 heteroatoms. The molecule has 0 heterocycles. The van der Waals surface area contributed by atoms with Crippen molar-refractivity contribution in [3.8, 4) is 5.75 Å². The Kier molecular flexibility index (Phi) is 5.41. The molecule has 0 aliphatic heterocycles. The summed E-state index contributed by atoms with van der Waals surface area (Å²) in [6.07, 6.45) is 1.63. The lowest BCUT2D eigenvalue weighted by atomic mass is 9.99. The van der Waals surface area contributed by atoms with Gasteiger partial charge in [0.2, 0.25) is 0 Å². The second-order valence-corrected chi connectivity index (χ2v) is 5.12. The SMILES string of the molecule is COc1ccc(CC(Cc2ccccc2Cl)NN)cc1. The minimum Gasteiger partial charge on any atom is -0.497 e. The summed E-state index contributed by atoms with van der Waals surface area (Å²) in [5.41, 5.74) is 5.18. The zero-order valence-electron chi connectivity index (χ0n) is 11.5. The molecule has 0 aliphatic carbocycles. The number of rotatable bonds is 6. The summed E-state index contributed by atoms with van der Waals surface area (Å²) >= 11 is 6.18. The molecular formula is C16H19ClN2O. The predicted octanol–water partition coefficient (Wildman–Crippen LogP) is 2.97. The number of hydrazine groups is 1. The summed E-state index contributed by atoms with van der Waals surface area (Å²) in [4.78, 5) is 0. The van der Waals surface area contributed by atoms with Crippen LogP contribution >= 0.6 is 11.6 Å². The van der Waals surface area contributed by atoms with Crippen molar-refractivity contribution in [2.45, 2.75) is 18.9 Å². The summed E-state index contributed by atoms with van der Waals surface area (Å²) in [6.45, 7) is 0. The maximum absolute atomic E-state index is 6.18. The van der Waals surface area contributed by atoms with Gasteiger partial charge in [0.25, 0.3) is 0 Å². The highest BCUT2D eigenvalue weighted by Crippen LogP contribution is 2.18. The third-order valence-electron chi connectivity index (χ3n) is 3.30. The average molecular weight is 291 g/mol. The van der Waals surface area contributed by atoms with Gasteiger partial charge >= 0.3 is 0 Å². The van der Waals surface area contributed by atoms with Crippen molar-refractivity contribution in [1.82, 2.24) is 5.43 Å². The maximum Gasteiger partial charge on any atom is 0.118 e. The van der Waals surface area contributed by atoms with Crippen LogP contribution in [0.5, 0.6) is 5.75 Å². The molecule has 3 nitrogen and oxygen atoms in total. The van der Waals surface area contributed by atoms with Crippen molar-refractivity contribution in [3.63, 3.8) is 0 Å². The first-order valence-electron chi connectivity index (χ1n) is 6.55. The fourth-order valence-electron chi connectivity index (χ4n) is 2.17. The molecule has 2 rings (SSSR count). The molecule has 0 aliphatic rings. The lowest BCUT2D eigenvalue weighted by Gasteiger charge is -2.17. The Labute approximate surface area is 124 Å². The van der Waals surface area contributed by atoms with Crippen molar-refractivity contribution < 1.29 is 4.74 Å². The zero-order chi connectivity index (χ0) is 14.4. The first-order valence-corrected chi connectivity index (χ1v) is 6.93. The molecule has 3 N–H and O–H groups in total. The highest BCUT2D eigenvalue weighted by Gasteiger charge is 2.11. The zero-order valence-corrected chi connectivity index (χ0v) is 12.2. The van der Waals surface area contributed by atoms with Gasteiger partial charge in [0.05, 0.1) is 7.11 Å². The molecule has 106 valence electrons. The standard InChI is InChI=1S/C16H19ClN2O/c1-20-15-8-6-12(7-9-15)10-14(19-18)11-13-4-2-3-5-16(13)17/h2-9,14,19H,10-11,18H2,1H3. The lowest BCUT2D eigenvalue weighted by Crippen LogP contribution is -2.38. The number of halogens is 1. The fraction of sp³-hybridized carbons (Fsp3) is 0.250. The number of methoxy groups -OCH3 is 1. The first-order chi connectivity index (χ1) is 9.72. The highest BCUT2D eigenvalue weighted by atomic mass is 35.5. The van der Waals surface area contributed by atoms with Crippen LogP contribution in [-0.4, -0.2) is 13.2 Å². The number of ether oxygens (including phenoxy) is 1. The van der Waals surface area contributed by atoms with E-state index in [1.807, 2.05) is 36.4 Å². The minimum atomic E-state index is 0.142. The van der Waals surface area contributed by atoms with E-state index in [4.69, 9.17) is 22.2 Å². The average Bonchev–Trinajstić information content (AvgIpc) is 2.49. The molecule has 0 aromatic heterocycles. The van der Waals surface area contributed by atoms with Crippen LogP contribution in [0.2, 0.25) is 5.02 Å². The van der Waals surface area contributed by atoms with Gasteiger partial charge in [0, 0.05) is 11.1 Å². The Morgan fingerprint density at radius 3 is 2.40 bits per heavy atom. The summed E-state index contributed by atoms with van der Waals surface area (Å²) in [7, 11) is 1.66. The van der Waals surface area contributed by atoms with Gasteiger partial charge in [-0.25, -0.2) is 0 Å². The van der Waals surface area contributed by atoms with E-state index in [2.05, 4.69) is 17.6 Å². The molecule has 0 saturated heterocycles. The Bertz CT molecular complexity index is 542. The monoisotopic (exact) mass is 290 g/mol. The topological polar surface area (TPSA) is 47.3 Å². The van der Waals surface area contributed by atoms with Gasteiger partial charge in [-0.1, -0.05) is 41.9 Å². The second-order valence-electron chi connectivity index (χ2n) is 4.71. The summed E-state index contributed by atoms with van der Waals surface area (Å²) in [5.74, 6) is 6.52. The van der Waals surface area contributed by atoms with E-state index in [1.165, 1.54) is 5.56 Å². The predicted molar refractivity (Wildman–Crippen MR) is 83.0 cm³/mol. The Balaban J connectivity index is 2.03. The smallest absolute Gasteiger partial charge is 0.118 e. The van der Waals surface area contributed by atoms with E-state index in [-0.39, 0.29) is 6.04 Å². The van der Waals surface area contributed by atoms with Gasteiger partial charge in [-0.2, -0.15) is 0 Å². The fourth-order valence-corrected chi connectivity index (χ4v) is 2.38. The van der Waals surface area contributed by atoms with Gasteiger partial charge in [0.15, 0.2) is 0 Å². The Morgan fingerprint density at radius 2 is 1.80 bits per heavy atom. The Hall–Kier alpha value is -1.55. The molecule has 0 bridgehead atoms. The molecule has 1 atom stereocenters. The molecule has 2 aromatic rings. The molecule has 2 aromatic carbocycles. The molecule has 20 heavy (non-hydrogen) atoms. The molecule has 0 saturated carbocycles. The largest absolute Gasteiger partial charge is 0.497 e. The van der Waals surface area contributed by atoms with Crippen LogP contribution < -0.4 is 16.0 Å². The van der Waals surface area contributed by atoms with E-state index in [9.17, 15) is 0 Å². The summed E-state index contributed by atoms with van der Waals surface area (Å²) in [6, 6.07) is 16.0. The van der Waals surface area contributed by atoms with Crippen LogP contribution in [0.1, 0.15) is 11.1 Å². The number of hydrogen-bond acceptors (Lipinski definition) is 3. The van der Waals surface area contributed by atoms with E-state index in [0.717, 1.165) is 29.2 Å². The molecular weight excluding hydrogens is 272 g/mol. The van der Waals surface area contributed by atoms with Crippen molar-refractivity contribution in [2.24, 2.45) is 5.84 Å². The summed E-state index contributed by atoms with van der Waals surface area (Å²) in [5, 5.41) is 0.780. The van der Waals surface area contributed by atoms with E-state index < -0.39 is 0 Å². The highest BCUT2D eigenvalue weighted by molar-refractivity contribution is 6.31. The Morgan fingerprint density at radius 1 is 1.10 bits per heavy atom. The third kappa shape index (κ3) is 3.97. The van der Waals surface area contributed by atoms with Gasteiger partial charge in [-0.3, -0.25) is 11.3 Å². The van der Waals surface area contributed by atoms with Crippen LogP contribution in [0.3, 0.4) is 0 Å². The second kappa shape index (κ2) is 7.29. The normalized spacial score (nSPS) is 12.2. The number of nitrogens with two attached hydrogens (primary N) is 1. The molecule has 1 unspecified atom stereocenters. The van der Waals surface area contributed by atoms with E-state index >= 15 is 0 Å². The van der Waals surface area contributed by atoms with Crippen molar-refractivity contribution in [3.05, 3.63) is 64.7 Å². The minimum absolute atomic E-state index is 0.142. The van der Waals surface area contributed by atoms with Gasteiger partial charge in [-0.15, -0.1) is 0 Å². The lowest BCUT2D eigenvalue weighted by molar-refractivity contribution is 0.414. The van der Waals surface area contributed by atoms with Crippen LogP contribution in [0, 0.1) is 0 Å². The van der Waals surface area contributed by atoms with Crippen molar-refractivity contribution >= 4 is 11.6 Å². The number of nitrogens with one attached hydrogen (secondary N) is 1. The summed E-state index contributed by atoms with van der Waals surface area (Å²) < 4.78 is 5.15. The molecule has 0 spiro atoms. The first kappa shape index (κ1) is 14.9. The van der Waals surface area contributed by atoms with Gasteiger partial charge in [-0.05, 0) is 42.2 Å². The quantitative estimate of drug-likeness (QED) is 0.635. The van der Waals surface area contributed by atoms with Crippen LogP contribution in [0.15, 0.2) is 48.5 Å². The van der Waals surface area contributed by atoms with E-state index in [1.54, 1.807) is 7.11 Å². The number of benzene rings is 2. The van der Waals surface area contributed by atoms with Crippen molar-refractivity contribution in [2.75, 3.05) is 7.11 Å². The maximum atomic E-state index is 6.18. The molecule has 0 radical (unpaired) electrons. The number of hydrogen-bond donors (Lipinski definition) is 2. The van der Waals surface area contributed by atoms with Crippen LogP contribution in [-0.2, 0) is 12.8 Å². The molecule has 0 amide bonds. The van der Waals surface area contributed by atoms with Crippen molar-refractivity contribution in [1.29, 1.82) is 0 Å². The van der Waals surface area contributed by atoms with Crippen LogP contribution in [0.4, 0.5) is 0 Å². The van der Waals surface area contributed by atoms with E-state index in [0.29, 0.717) is 0 Å².